The summed E-state index contributed by atoms with van der Waals surface area (Å²) in [6.45, 7) is 7.84. The molecule has 0 spiro atoms. The minimum absolute atomic E-state index is 0.0249. The average Bonchev–Trinajstić information content (AvgIpc) is 3.00. The number of rotatable bonds is 9. The number of nitrogens with one attached hydrogen (secondary N) is 1. The maximum absolute atomic E-state index is 11.9. The van der Waals surface area contributed by atoms with Crippen LogP contribution in [-0.2, 0) is 11.3 Å². The number of benzene rings is 1. The Labute approximate surface area is 153 Å². The normalized spacial score (nSPS) is 10.9. The van der Waals surface area contributed by atoms with Gasteiger partial charge >= 0.3 is 0 Å². The Morgan fingerprint density at radius 3 is 2.60 bits per heavy atom. The van der Waals surface area contributed by atoms with Crippen molar-refractivity contribution >= 4 is 17.7 Å². The SMILES string of the molecule is CCCNC(=O)CSc1nnc(-c2ccc(OC)cc2)n1CC(C)C. The molecule has 0 bridgehead atoms. The van der Waals surface area contributed by atoms with Crippen LogP contribution >= 0.6 is 11.8 Å². The second-order valence-electron chi connectivity index (χ2n) is 6.18. The van der Waals surface area contributed by atoms with Gasteiger partial charge in [-0.1, -0.05) is 32.5 Å². The molecule has 6 nitrogen and oxygen atoms in total. The zero-order chi connectivity index (χ0) is 18.2. The van der Waals surface area contributed by atoms with Crippen molar-refractivity contribution in [2.45, 2.75) is 38.9 Å². The van der Waals surface area contributed by atoms with E-state index in [1.165, 1.54) is 11.8 Å². The molecular formula is C18H26N4O2S. The number of carbonyl (C=O) groups excluding carboxylic acids is 1. The van der Waals surface area contributed by atoms with Crippen molar-refractivity contribution in [2.24, 2.45) is 5.92 Å². The molecule has 0 unspecified atom stereocenters. The van der Waals surface area contributed by atoms with E-state index in [0.29, 0.717) is 18.2 Å². The van der Waals surface area contributed by atoms with Gasteiger partial charge in [-0.25, -0.2) is 0 Å². The van der Waals surface area contributed by atoms with E-state index in [-0.39, 0.29) is 5.91 Å². The molecule has 2 aromatic rings. The maximum Gasteiger partial charge on any atom is 0.230 e. The lowest BCUT2D eigenvalue weighted by Crippen LogP contribution is -2.25. The van der Waals surface area contributed by atoms with Crippen molar-refractivity contribution < 1.29 is 9.53 Å². The topological polar surface area (TPSA) is 69.0 Å². The molecule has 0 aliphatic heterocycles. The van der Waals surface area contributed by atoms with E-state index in [1.54, 1.807) is 7.11 Å². The summed E-state index contributed by atoms with van der Waals surface area (Å²) in [6.07, 6.45) is 0.932. The molecule has 0 saturated carbocycles. The van der Waals surface area contributed by atoms with Crippen LogP contribution in [0.3, 0.4) is 0 Å². The number of aromatic nitrogens is 3. The molecule has 0 aliphatic carbocycles. The van der Waals surface area contributed by atoms with E-state index in [9.17, 15) is 4.79 Å². The number of carbonyl (C=O) groups is 1. The maximum atomic E-state index is 11.9. The van der Waals surface area contributed by atoms with Crippen LogP contribution in [0.5, 0.6) is 5.75 Å². The smallest absolute Gasteiger partial charge is 0.230 e. The lowest BCUT2D eigenvalue weighted by atomic mass is 10.2. The first-order chi connectivity index (χ1) is 12.0. The van der Waals surface area contributed by atoms with Gasteiger partial charge in [-0.2, -0.15) is 0 Å². The third-order valence-electron chi connectivity index (χ3n) is 3.52. The highest BCUT2D eigenvalue weighted by Crippen LogP contribution is 2.26. The minimum atomic E-state index is 0.0249. The monoisotopic (exact) mass is 362 g/mol. The fraction of sp³-hybridized carbons (Fsp3) is 0.500. The van der Waals surface area contributed by atoms with Gasteiger partial charge in [0.15, 0.2) is 11.0 Å². The third-order valence-corrected chi connectivity index (χ3v) is 4.48. The van der Waals surface area contributed by atoms with Crippen LogP contribution in [0.2, 0.25) is 0 Å². The Morgan fingerprint density at radius 2 is 2.00 bits per heavy atom. The molecule has 1 heterocycles. The first kappa shape index (κ1) is 19.3. The van der Waals surface area contributed by atoms with Crippen LogP contribution in [0, 0.1) is 5.92 Å². The second kappa shape index (κ2) is 9.46. The van der Waals surface area contributed by atoms with Crippen molar-refractivity contribution in [1.29, 1.82) is 0 Å². The molecular weight excluding hydrogens is 336 g/mol. The summed E-state index contributed by atoms with van der Waals surface area (Å²) in [5.41, 5.74) is 0.983. The van der Waals surface area contributed by atoms with Gasteiger partial charge in [0, 0.05) is 18.7 Å². The number of hydrogen-bond acceptors (Lipinski definition) is 5. The number of thioether (sulfide) groups is 1. The van der Waals surface area contributed by atoms with E-state index in [1.807, 2.05) is 31.2 Å². The number of methoxy groups -OCH3 is 1. The Morgan fingerprint density at radius 1 is 1.28 bits per heavy atom. The summed E-state index contributed by atoms with van der Waals surface area (Å²) in [4.78, 5) is 11.9. The minimum Gasteiger partial charge on any atom is -0.497 e. The Balaban J connectivity index is 2.19. The summed E-state index contributed by atoms with van der Waals surface area (Å²) in [6, 6.07) is 7.77. The molecule has 25 heavy (non-hydrogen) atoms. The molecule has 1 aromatic carbocycles. The molecule has 0 saturated heterocycles. The Kier molecular flexibility index (Phi) is 7.31. The van der Waals surface area contributed by atoms with Crippen LogP contribution in [-0.4, -0.2) is 40.1 Å². The molecule has 1 aromatic heterocycles. The molecule has 0 radical (unpaired) electrons. The zero-order valence-corrected chi connectivity index (χ0v) is 16.1. The third kappa shape index (κ3) is 5.49. The van der Waals surface area contributed by atoms with Gasteiger partial charge in [-0.3, -0.25) is 4.79 Å². The zero-order valence-electron chi connectivity index (χ0n) is 15.3. The number of amides is 1. The van der Waals surface area contributed by atoms with Crippen LogP contribution < -0.4 is 10.1 Å². The fourth-order valence-corrected chi connectivity index (χ4v) is 3.10. The highest BCUT2D eigenvalue weighted by Gasteiger charge is 2.16. The molecule has 0 aliphatic rings. The van der Waals surface area contributed by atoms with E-state index >= 15 is 0 Å². The van der Waals surface area contributed by atoms with E-state index < -0.39 is 0 Å². The quantitative estimate of drug-likeness (QED) is 0.694. The van der Waals surface area contributed by atoms with Gasteiger partial charge in [0.2, 0.25) is 5.91 Å². The van der Waals surface area contributed by atoms with Gasteiger partial charge in [0.05, 0.1) is 12.9 Å². The summed E-state index contributed by atoms with van der Waals surface area (Å²) in [5, 5.41) is 12.3. The van der Waals surface area contributed by atoms with Crippen molar-refractivity contribution in [3.05, 3.63) is 24.3 Å². The van der Waals surface area contributed by atoms with Gasteiger partial charge in [0.25, 0.3) is 0 Å². The highest BCUT2D eigenvalue weighted by molar-refractivity contribution is 7.99. The summed E-state index contributed by atoms with van der Waals surface area (Å²) < 4.78 is 7.30. The molecule has 1 amide bonds. The predicted molar refractivity (Wildman–Crippen MR) is 101 cm³/mol. The first-order valence-corrected chi connectivity index (χ1v) is 9.50. The Hall–Kier alpha value is -2.02. The van der Waals surface area contributed by atoms with E-state index in [0.717, 1.165) is 35.3 Å². The van der Waals surface area contributed by atoms with Crippen LogP contribution in [0.15, 0.2) is 29.4 Å². The molecule has 136 valence electrons. The van der Waals surface area contributed by atoms with E-state index in [2.05, 4.69) is 33.9 Å². The van der Waals surface area contributed by atoms with Gasteiger partial charge < -0.3 is 14.6 Å². The summed E-state index contributed by atoms with van der Waals surface area (Å²) >= 11 is 1.42. The van der Waals surface area contributed by atoms with Crippen LogP contribution in [0.4, 0.5) is 0 Å². The number of ether oxygens (including phenoxy) is 1. The number of nitrogens with zero attached hydrogens (tertiary/aromatic N) is 3. The molecule has 7 heteroatoms. The fourth-order valence-electron chi connectivity index (χ4n) is 2.32. The molecule has 0 fully saturated rings. The van der Waals surface area contributed by atoms with E-state index in [4.69, 9.17) is 4.74 Å². The number of hydrogen-bond donors (Lipinski definition) is 1. The molecule has 1 N–H and O–H groups in total. The standard InChI is InChI=1S/C18H26N4O2S/c1-5-10-19-16(23)12-25-18-21-20-17(22(18)11-13(2)3)14-6-8-15(24-4)9-7-14/h6-9,13H,5,10-12H2,1-4H3,(H,19,23). The molecule has 0 atom stereocenters. The lowest BCUT2D eigenvalue weighted by Gasteiger charge is -2.12. The largest absolute Gasteiger partial charge is 0.497 e. The van der Waals surface area contributed by atoms with Crippen molar-refractivity contribution in [1.82, 2.24) is 20.1 Å². The predicted octanol–water partition coefficient (Wildman–Crippen LogP) is 3.23. The summed E-state index contributed by atoms with van der Waals surface area (Å²) in [5.74, 6) is 2.44. The van der Waals surface area contributed by atoms with Gasteiger partial charge in [0.1, 0.15) is 5.75 Å². The van der Waals surface area contributed by atoms with Gasteiger partial charge in [-0.05, 0) is 36.6 Å². The summed E-state index contributed by atoms with van der Waals surface area (Å²) in [7, 11) is 1.65. The van der Waals surface area contributed by atoms with Crippen molar-refractivity contribution in [2.75, 3.05) is 19.4 Å². The van der Waals surface area contributed by atoms with Gasteiger partial charge in [-0.15, -0.1) is 10.2 Å². The first-order valence-electron chi connectivity index (χ1n) is 8.52. The Bertz CT molecular complexity index is 683. The highest BCUT2D eigenvalue weighted by atomic mass is 32.2. The van der Waals surface area contributed by atoms with Crippen molar-refractivity contribution in [3.63, 3.8) is 0 Å². The van der Waals surface area contributed by atoms with Crippen LogP contribution in [0.1, 0.15) is 27.2 Å². The second-order valence-corrected chi connectivity index (χ2v) is 7.12. The lowest BCUT2D eigenvalue weighted by molar-refractivity contribution is -0.118. The molecule has 2 rings (SSSR count). The van der Waals surface area contributed by atoms with Crippen molar-refractivity contribution in [3.8, 4) is 17.1 Å². The van der Waals surface area contributed by atoms with Crippen LogP contribution in [0.25, 0.3) is 11.4 Å². The average molecular weight is 362 g/mol.